The molecule has 110 valence electrons. The quantitative estimate of drug-likeness (QED) is 0.524. The van der Waals surface area contributed by atoms with Gasteiger partial charge in [0.05, 0.1) is 26.9 Å². The summed E-state index contributed by atoms with van der Waals surface area (Å²) in [6.07, 6.45) is 0. The summed E-state index contributed by atoms with van der Waals surface area (Å²) in [6.45, 7) is -0.745. The summed E-state index contributed by atoms with van der Waals surface area (Å²) < 4.78 is 9.76. The van der Waals surface area contributed by atoms with Crippen molar-refractivity contribution in [3.8, 4) is 11.8 Å². The highest BCUT2D eigenvalue weighted by Gasteiger charge is 2.19. The highest BCUT2D eigenvalue weighted by molar-refractivity contribution is 5.90. The van der Waals surface area contributed by atoms with E-state index in [0.717, 1.165) is 0 Å². The van der Waals surface area contributed by atoms with Crippen LogP contribution in [0.2, 0.25) is 0 Å². The van der Waals surface area contributed by atoms with Crippen molar-refractivity contribution in [2.75, 3.05) is 26.1 Å². The minimum Gasteiger partial charge on any atom is -0.481 e. The Morgan fingerprint density at radius 2 is 1.85 bits per heavy atom. The van der Waals surface area contributed by atoms with Gasteiger partial charge in [-0.25, -0.2) is 9.59 Å². The molecule has 10 nitrogen and oxygen atoms in total. The summed E-state index contributed by atoms with van der Waals surface area (Å²) in [6, 6.07) is -0.916. The number of carboxylic acids is 1. The van der Waals surface area contributed by atoms with E-state index in [9.17, 15) is 9.59 Å². The minimum atomic E-state index is -1.43. The molecule has 0 radical (unpaired) electrons. The van der Waals surface area contributed by atoms with E-state index in [0.29, 0.717) is 0 Å². The molecule has 0 aliphatic rings. The Hall–Kier alpha value is -2.62. The van der Waals surface area contributed by atoms with Crippen LogP contribution in [0.5, 0.6) is 11.8 Å². The fourth-order valence-electron chi connectivity index (χ4n) is 1.15. The van der Waals surface area contributed by atoms with E-state index in [4.69, 9.17) is 19.7 Å². The normalized spacial score (nSPS) is 11.3. The molecule has 0 bridgehead atoms. The Balaban J connectivity index is 2.77. The first-order chi connectivity index (χ1) is 9.49. The zero-order valence-electron chi connectivity index (χ0n) is 10.8. The molecule has 1 atom stereocenters. The first-order valence-electron chi connectivity index (χ1n) is 5.38. The van der Waals surface area contributed by atoms with Crippen molar-refractivity contribution in [2.45, 2.75) is 6.04 Å². The van der Waals surface area contributed by atoms with Gasteiger partial charge in [-0.3, -0.25) is 5.32 Å². The van der Waals surface area contributed by atoms with Crippen LogP contribution in [0, 0.1) is 0 Å². The first kappa shape index (κ1) is 15.4. The number of nitrogens with zero attached hydrogens (tertiary/aromatic N) is 2. The number of rotatable bonds is 6. The molecule has 0 aliphatic carbocycles. The number of hydrogen-bond acceptors (Lipinski definition) is 7. The number of aromatic nitrogens is 2. The molecule has 10 heteroatoms. The van der Waals surface area contributed by atoms with Crippen LogP contribution in [0.25, 0.3) is 0 Å². The summed E-state index contributed by atoms with van der Waals surface area (Å²) >= 11 is 0. The second-order valence-corrected chi connectivity index (χ2v) is 3.45. The van der Waals surface area contributed by atoms with Gasteiger partial charge in [-0.2, -0.15) is 9.97 Å². The Labute approximate surface area is 113 Å². The number of nitrogens with one attached hydrogen (secondary N) is 2. The van der Waals surface area contributed by atoms with Gasteiger partial charge in [-0.15, -0.1) is 0 Å². The summed E-state index contributed by atoms with van der Waals surface area (Å²) in [7, 11) is 2.75. The van der Waals surface area contributed by atoms with Crippen LogP contribution >= 0.6 is 0 Å². The molecule has 0 unspecified atom stereocenters. The number of methoxy groups -OCH3 is 2. The number of carbonyl (C=O) groups is 2. The van der Waals surface area contributed by atoms with E-state index in [-0.39, 0.29) is 17.7 Å². The highest BCUT2D eigenvalue weighted by atomic mass is 16.5. The van der Waals surface area contributed by atoms with Gasteiger partial charge in [0.25, 0.3) is 0 Å². The van der Waals surface area contributed by atoms with Crippen LogP contribution in [-0.4, -0.2) is 59.0 Å². The van der Waals surface area contributed by atoms with Crippen molar-refractivity contribution >= 4 is 17.9 Å². The fourth-order valence-corrected chi connectivity index (χ4v) is 1.15. The maximum Gasteiger partial charge on any atom is 0.328 e. The second kappa shape index (κ2) is 7.09. The fraction of sp³-hybridized carbons (Fsp3) is 0.400. The molecule has 1 rings (SSSR count). The zero-order valence-corrected chi connectivity index (χ0v) is 10.8. The number of aliphatic carboxylic acids is 1. The van der Waals surface area contributed by atoms with E-state index < -0.39 is 24.6 Å². The van der Waals surface area contributed by atoms with Crippen LogP contribution in [0.15, 0.2) is 6.07 Å². The molecule has 0 fully saturated rings. The van der Waals surface area contributed by atoms with E-state index >= 15 is 0 Å². The molecular formula is C10H14N4O6. The van der Waals surface area contributed by atoms with Gasteiger partial charge in [0.1, 0.15) is 0 Å². The van der Waals surface area contributed by atoms with Crippen molar-refractivity contribution < 1.29 is 29.3 Å². The van der Waals surface area contributed by atoms with E-state index in [2.05, 4.69) is 15.3 Å². The van der Waals surface area contributed by atoms with Crippen LogP contribution in [0.4, 0.5) is 10.7 Å². The number of carboxylic acid groups (broad SMARTS) is 1. The Kier molecular flexibility index (Phi) is 5.47. The molecule has 0 aliphatic heterocycles. The number of anilines is 1. The topological polar surface area (TPSA) is 143 Å². The average Bonchev–Trinajstić information content (AvgIpc) is 2.43. The van der Waals surface area contributed by atoms with Gasteiger partial charge in [0.15, 0.2) is 6.04 Å². The predicted octanol–water partition coefficient (Wildman–Crippen LogP) is -0.939. The number of aliphatic hydroxyl groups excluding tert-OH is 1. The first-order valence-corrected chi connectivity index (χ1v) is 5.38. The van der Waals surface area contributed by atoms with Gasteiger partial charge in [0.2, 0.25) is 17.7 Å². The number of ether oxygens (including phenoxy) is 2. The average molecular weight is 286 g/mol. The lowest BCUT2D eigenvalue weighted by Crippen LogP contribution is -2.45. The lowest BCUT2D eigenvalue weighted by molar-refractivity contribution is -0.140. The van der Waals surface area contributed by atoms with E-state index in [1.54, 1.807) is 0 Å². The minimum absolute atomic E-state index is 0.138. The second-order valence-electron chi connectivity index (χ2n) is 3.45. The molecule has 1 heterocycles. The number of carbonyl (C=O) groups excluding carboxylic acids is 1. The summed E-state index contributed by atoms with van der Waals surface area (Å²) in [5.41, 5.74) is 0. The maximum absolute atomic E-state index is 11.5. The van der Waals surface area contributed by atoms with E-state index in [1.807, 2.05) is 5.32 Å². The largest absolute Gasteiger partial charge is 0.481 e. The summed E-state index contributed by atoms with van der Waals surface area (Å²) in [5, 5.41) is 21.7. The molecule has 0 spiro atoms. The van der Waals surface area contributed by atoms with Crippen molar-refractivity contribution in [1.82, 2.24) is 15.3 Å². The highest BCUT2D eigenvalue weighted by Crippen LogP contribution is 2.17. The number of hydrogen-bond donors (Lipinski definition) is 4. The predicted molar refractivity (Wildman–Crippen MR) is 65.8 cm³/mol. The Bertz CT molecular complexity index is 472. The van der Waals surface area contributed by atoms with Crippen LogP contribution < -0.4 is 20.1 Å². The van der Waals surface area contributed by atoms with Crippen molar-refractivity contribution in [3.05, 3.63) is 6.07 Å². The molecule has 1 aromatic heterocycles. The smallest absolute Gasteiger partial charge is 0.328 e. The third kappa shape index (κ3) is 4.24. The zero-order chi connectivity index (χ0) is 15.1. The summed E-state index contributed by atoms with van der Waals surface area (Å²) in [5.74, 6) is -1.19. The Morgan fingerprint density at radius 3 is 2.25 bits per heavy atom. The molecule has 0 saturated carbocycles. The van der Waals surface area contributed by atoms with Gasteiger partial charge < -0.3 is 25.0 Å². The molecule has 1 aromatic rings. The molecule has 0 saturated heterocycles. The van der Waals surface area contributed by atoms with Gasteiger partial charge in [-0.1, -0.05) is 0 Å². The SMILES string of the molecule is COc1cc(OC)nc(NC(=O)N[C@@H](CO)C(=O)O)n1. The monoisotopic (exact) mass is 286 g/mol. The number of urea groups is 1. The van der Waals surface area contributed by atoms with Crippen molar-refractivity contribution in [3.63, 3.8) is 0 Å². The molecule has 20 heavy (non-hydrogen) atoms. The summed E-state index contributed by atoms with van der Waals surface area (Å²) in [4.78, 5) is 29.8. The van der Waals surface area contributed by atoms with Crippen molar-refractivity contribution in [2.24, 2.45) is 0 Å². The van der Waals surface area contributed by atoms with Crippen LogP contribution in [0.3, 0.4) is 0 Å². The van der Waals surface area contributed by atoms with E-state index in [1.165, 1.54) is 20.3 Å². The molecule has 2 amide bonds. The van der Waals surface area contributed by atoms with Gasteiger partial charge in [-0.05, 0) is 0 Å². The number of amides is 2. The van der Waals surface area contributed by atoms with Gasteiger partial charge in [0, 0.05) is 0 Å². The Morgan fingerprint density at radius 1 is 1.30 bits per heavy atom. The lowest BCUT2D eigenvalue weighted by Gasteiger charge is -2.12. The third-order valence-electron chi connectivity index (χ3n) is 2.11. The van der Waals surface area contributed by atoms with Crippen LogP contribution in [0.1, 0.15) is 0 Å². The van der Waals surface area contributed by atoms with Crippen molar-refractivity contribution in [1.29, 1.82) is 0 Å². The number of aliphatic hydroxyl groups is 1. The third-order valence-corrected chi connectivity index (χ3v) is 2.11. The van der Waals surface area contributed by atoms with Crippen LogP contribution in [-0.2, 0) is 4.79 Å². The lowest BCUT2D eigenvalue weighted by atomic mass is 10.3. The standard InChI is InChI=1S/C10H14N4O6/c1-19-6-3-7(20-2)13-9(12-6)14-10(18)11-5(4-15)8(16)17/h3,5,15H,4H2,1-2H3,(H,16,17)(H2,11,12,13,14,18)/t5-/m0/s1. The molecule has 4 N–H and O–H groups in total. The molecular weight excluding hydrogens is 272 g/mol. The molecule has 0 aromatic carbocycles. The van der Waals surface area contributed by atoms with Gasteiger partial charge >= 0.3 is 12.0 Å². The maximum atomic E-state index is 11.5.